The van der Waals surface area contributed by atoms with Crippen molar-refractivity contribution in [2.24, 2.45) is 0 Å². The van der Waals surface area contributed by atoms with Crippen LogP contribution in [0.15, 0.2) is 291 Å². The van der Waals surface area contributed by atoms with Crippen LogP contribution < -0.4 is 30.0 Å². The third-order valence-electron chi connectivity index (χ3n) is 19.9. The zero-order chi connectivity index (χ0) is 67.4. The monoisotopic (exact) mass is 1290 g/mol. The van der Waals surface area contributed by atoms with E-state index in [1.807, 2.05) is 14.2 Å². The van der Waals surface area contributed by atoms with Gasteiger partial charge in [0.25, 0.3) is 0 Å². The minimum Gasteiger partial charge on any atom is -0.414 e. The Balaban J connectivity index is 1.34. The predicted octanol–water partition coefficient (Wildman–Crippen LogP) is 25.0. The average molecular weight is 1290 g/mol. The maximum atomic E-state index is 7.48. The molecule has 0 unspecified atom stereocenters. The number of rotatable bonds is 16. The first kappa shape index (κ1) is 65.1. The smallest absolute Gasteiger partial charge is 0.234 e. The number of para-hydroxylation sites is 8. The lowest BCUT2D eigenvalue weighted by Gasteiger charge is -2.55. The van der Waals surface area contributed by atoms with Crippen molar-refractivity contribution in [3.8, 4) is 0 Å². The second-order valence-corrected chi connectivity index (χ2v) is 40.3. The van der Waals surface area contributed by atoms with E-state index in [0.717, 1.165) is 111 Å². The van der Waals surface area contributed by atoms with Crippen molar-refractivity contribution in [3.63, 3.8) is 0 Å². The van der Waals surface area contributed by atoms with E-state index >= 15 is 0 Å². The maximum Gasteiger partial charge on any atom is 0.234 e. The van der Waals surface area contributed by atoms with Crippen LogP contribution in [0.3, 0.4) is 0 Å². The minimum atomic E-state index is -3.10. The molecular formula is C88H90N4O2Si2. The molecule has 0 saturated carbocycles. The molecule has 0 N–H and O–H groups in total. The predicted molar refractivity (Wildman–Crippen MR) is 419 cm³/mol. The Morgan fingerprint density at radius 2 is 0.427 bits per heavy atom. The Kier molecular flexibility index (Phi) is 17.3. The summed E-state index contributed by atoms with van der Waals surface area (Å²) in [6.45, 7) is 29.0. The van der Waals surface area contributed by atoms with Crippen LogP contribution >= 0.6 is 0 Å². The molecule has 0 spiro atoms. The third kappa shape index (κ3) is 11.2. The highest BCUT2D eigenvalue weighted by Gasteiger charge is 2.63. The van der Waals surface area contributed by atoms with E-state index in [9.17, 15) is 0 Å². The molecule has 0 atom stereocenters. The number of anilines is 12. The number of fused-ring (bicyclic) bond motifs is 4. The lowest BCUT2D eigenvalue weighted by Crippen LogP contribution is -2.74. The molecule has 13 aromatic carbocycles. The second kappa shape index (κ2) is 25.5. The Morgan fingerprint density at radius 1 is 0.229 bits per heavy atom. The zero-order valence-corrected chi connectivity index (χ0v) is 60.3. The quantitative estimate of drug-likeness (QED) is 0.0544. The SMILES string of the molecule is CO[Si](c1cc2cc3c(N(c4ccccc4)c4ccccc4)c4cc5c(N(c6ccccc6)c6ccccc6)ccc(N(c6ccccc6)c6ccccc6)c5cc4c(N(c4ccccc4)c4ccccc4)c3cc2cc1[Si](OC)(C(C)(C)C)C(C)(C)C)(C(C)(C)C)C(C)(C)C. The third-order valence-corrected chi connectivity index (χ3v) is 32.2. The van der Waals surface area contributed by atoms with Crippen molar-refractivity contribution < 1.29 is 8.85 Å². The highest BCUT2D eigenvalue weighted by atomic mass is 28.4. The molecule has 0 heterocycles. The Hall–Kier alpha value is -9.55. The van der Waals surface area contributed by atoms with Gasteiger partial charge in [0.15, 0.2) is 0 Å². The first-order chi connectivity index (χ1) is 46.1. The van der Waals surface area contributed by atoms with Crippen LogP contribution in [-0.2, 0) is 8.85 Å². The highest BCUT2D eigenvalue weighted by Crippen LogP contribution is 2.58. The molecule has 0 radical (unpaired) electrons. The van der Waals surface area contributed by atoms with Gasteiger partial charge < -0.3 is 28.5 Å². The van der Waals surface area contributed by atoms with Gasteiger partial charge in [0.2, 0.25) is 16.6 Å². The standard InChI is InChI=1S/C88H90N4O2Si2/c1-85(2,3)95(93-13,86(4,5)6)81-59-63-57-75-76(58-64(63)60-82(81)96(94-14,87(7,8)9)88(10,11)12)84(92(71-51-35-21-36-52-71)72-53-37-22-38-54-72)78-62-74-73(61-77(78)83(75)91(69-47-31-19-32-48-69)70-49-33-20-34-50-70)79(89(65-39-23-15-24-40-65)66-41-25-16-26-42-66)55-56-80(74)90(67-43-27-17-28-44-67)68-45-29-18-30-46-68/h15-62H,1-14H3. The molecule has 13 aromatic rings. The number of benzene rings is 13. The fourth-order valence-corrected chi connectivity index (χ4v) is 30.1. The van der Waals surface area contributed by atoms with E-state index in [4.69, 9.17) is 8.85 Å². The summed E-state index contributed by atoms with van der Waals surface area (Å²) in [7, 11) is -2.21. The van der Waals surface area contributed by atoms with Crippen LogP contribution in [0.2, 0.25) is 20.2 Å². The molecule has 482 valence electrons. The van der Waals surface area contributed by atoms with Crippen molar-refractivity contribution in [3.05, 3.63) is 291 Å². The summed E-state index contributed by atoms with van der Waals surface area (Å²) in [5, 5.41) is 10.4. The molecule has 0 aliphatic carbocycles. The highest BCUT2D eigenvalue weighted by molar-refractivity contribution is 7.01. The van der Waals surface area contributed by atoms with E-state index in [-0.39, 0.29) is 20.2 Å². The van der Waals surface area contributed by atoms with Crippen LogP contribution in [-0.4, -0.2) is 30.9 Å². The molecule has 8 heteroatoms. The van der Waals surface area contributed by atoms with Gasteiger partial charge in [-0.15, -0.1) is 0 Å². The molecule has 0 aliphatic rings. The van der Waals surface area contributed by atoms with Gasteiger partial charge >= 0.3 is 0 Å². The molecule has 13 rings (SSSR count). The molecule has 0 saturated heterocycles. The summed E-state index contributed by atoms with van der Waals surface area (Å²) in [6, 6.07) is 107. The number of hydrogen-bond donors (Lipinski definition) is 0. The van der Waals surface area contributed by atoms with Crippen molar-refractivity contribution in [1.82, 2.24) is 0 Å². The second-order valence-electron chi connectivity index (χ2n) is 29.7. The van der Waals surface area contributed by atoms with Gasteiger partial charge in [0.1, 0.15) is 0 Å². The normalized spacial score (nSPS) is 12.6. The first-order valence-corrected chi connectivity index (χ1v) is 37.6. The van der Waals surface area contributed by atoms with E-state index in [1.54, 1.807) is 0 Å². The topological polar surface area (TPSA) is 31.4 Å². The van der Waals surface area contributed by atoms with Crippen molar-refractivity contribution >= 4 is 138 Å². The van der Waals surface area contributed by atoms with E-state index in [0.29, 0.717) is 0 Å². The summed E-state index contributed by atoms with van der Waals surface area (Å²) in [5.74, 6) is 0. The fraction of sp³-hybridized carbons (Fsp3) is 0.205. The molecule has 6 nitrogen and oxygen atoms in total. The molecule has 0 amide bonds. The fourth-order valence-electron chi connectivity index (χ4n) is 16.8. The molecular weight excluding hydrogens is 1200 g/mol. The van der Waals surface area contributed by atoms with Crippen molar-refractivity contribution in [1.29, 1.82) is 0 Å². The molecule has 0 aliphatic heterocycles. The van der Waals surface area contributed by atoms with Crippen LogP contribution in [0.5, 0.6) is 0 Å². The largest absolute Gasteiger partial charge is 0.414 e. The maximum absolute atomic E-state index is 7.48. The molecule has 0 aromatic heterocycles. The molecule has 96 heavy (non-hydrogen) atoms. The minimum absolute atomic E-state index is 0.248. The van der Waals surface area contributed by atoms with Gasteiger partial charge in [-0.3, -0.25) is 0 Å². The van der Waals surface area contributed by atoms with Crippen LogP contribution in [0.4, 0.5) is 68.2 Å². The average Bonchev–Trinajstić information content (AvgIpc) is 0.695. The summed E-state index contributed by atoms with van der Waals surface area (Å²) >= 11 is 0. The van der Waals surface area contributed by atoms with Gasteiger partial charge in [-0.2, -0.15) is 0 Å². The van der Waals surface area contributed by atoms with Gasteiger partial charge in [-0.25, -0.2) is 0 Å². The van der Waals surface area contributed by atoms with Crippen molar-refractivity contribution in [2.75, 3.05) is 33.8 Å². The van der Waals surface area contributed by atoms with Crippen LogP contribution in [0.25, 0.3) is 43.1 Å². The van der Waals surface area contributed by atoms with Crippen LogP contribution in [0, 0.1) is 0 Å². The van der Waals surface area contributed by atoms with E-state index in [1.165, 1.54) is 10.4 Å². The summed E-state index contributed by atoms with van der Waals surface area (Å²) < 4.78 is 15.0. The number of hydrogen-bond acceptors (Lipinski definition) is 6. The Bertz CT molecular complexity index is 4380. The van der Waals surface area contributed by atoms with E-state index < -0.39 is 16.6 Å². The summed E-state index contributed by atoms with van der Waals surface area (Å²) in [6.07, 6.45) is 0. The Labute approximate surface area is 571 Å². The summed E-state index contributed by atoms with van der Waals surface area (Å²) in [4.78, 5) is 9.91. The van der Waals surface area contributed by atoms with Gasteiger partial charge in [0.05, 0.1) is 22.7 Å². The van der Waals surface area contributed by atoms with E-state index in [2.05, 4.69) is 394 Å². The number of nitrogens with zero attached hydrogens (tertiary/aromatic N) is 4. The lowest BCUT2D eigenvalue weighted by molar-refractivity contribution is 0.337. The van der Waals surface area contributed by atoms with Gasteiger partial charge in [-0.05, 0) is 175 Å². The zero-order valence-electron chi connectivity index (χ0n) is 58.3. The molecule has 0 fully saturated rings. The van der Waals surface area contributed by atoms with Crippen LogP contribution in [0.1, 0.15) is 83.1 Å². The van der Waals surface area contributed by atoms with Crippen molar-refractivity contribution in [2.45, 2.75) is 103 Å². The molecule has 0 bridgehead atoms. The Morgan fingerprint density at radius 3 is 0.625 bits per heavy atom. The van der Waals surface area contributed by atoms with Gasteiger partial charge in [-0.1, -0.05) is 241 Å². The van der Waals surface area contributed by atoms with Gasteiger partial charge in [0, 0.05) is 92.0 Å². The summed E-state index contributed by atoms with van der Waals surface area (Å²) in [5.41, 5.74) is 12.6. The lowest BCUT2D eigenvalue weighted by atomic mass is 9.90. The first-order valence-electron chi connectivity index (χ1n) is 33.8.